The molecule has 0 radical (unpaired) electrons. The van der Waals surface area contributed by atoms with Crippen LogP contribution >= 0.6 is 0 Å². The molecule has 80 valence electrons. The molecule has 15 heavy (non-hydrogen) atoms. The van der Waals surface area contributed by atoms with Gasteiger partial charge in [-0.15, -0.1) is 0 Å². The van der Waals surface area contributed by atoms with E-state index in [1.807, 2.05) is 6.92 Å². The smallest absolute Gasteiger partial charge is 0.158 e. The first-order chi connectivity index (χ1) is 7.26. The highest BCUT2D eigenvalue weighted by Gasteiger charge is 1.94. The molecular weight excluding hydrogens is 190 g/mol. The largest absolute Gasteiger partial charge is 0.357 e. The van der Waals surface area contributed by atoms with Gasteiger partial charge in [0.2, 0.25) is 0 Å². The van der Waals surface area contributed by atoms with Crippen LogP contribution in [0.15, 0.2) is 29.4 Å². The Bertz CT molecular complexity index is 341. The van der Waals surface area contributed by atoms with Crippen molar-refractivity contribution in [3.63, 3.8) is 0 Å². The molecule has 0 atom stereocenters. The number of nitrogens with zero attached hydrogens (tertiary/aromatic N) is 1. The lowest BCUT2D eigenvalue weighted by Gasteiger charge is -2.00. The van der Waals surface area contributed by atoms with E-state index in [0.29, 0.717) is 11.3 Å². The topological polar surface area (TPSA) is 38.7 Å². The Hall–Kier alpha value is -1.64. The molecule has 0 bridgehead atoms. The Morgan fingerprint density at radius 3 is 2.60 bits per heavy atom. The van der Waals surface area contributed by atoms with E-state index in [4.69, 9.17) is 4.84 Å². The standard InChI is InChI=1S/C12H15NO2/c1-3-4-10(2)13-15-12-7-5-11(9-14)6-8-12/h5-9H,3-4H2,1-2H3/b13-10+. The molecule has 3 heteroatoms. The van der Waals surface area contributed by atoms with Gasteiger partial charge in [-0.2, -0.15) is 0 Å². The zero-order valence-electron chi connectivity index (χ0n) is 9.06. The number of oxime groups is 1. The van der Waals surface area contributed by atoms with E-state index in [2.05, 4.69) is 12.1 Å². The van der Waals surface area contributed by atoms with E-state index >= 15 is 0 Å². The summed E-state index contributed by atoms with van der Waals surface area (Å²) < 4.78 is 0. The van der Waals surface area contributed by atoms with Crippen LogP contribution in [0.3, 0.4) is 0 Å². The Kier molecular flexibility index (Phi) is 4.54. The zero-order valence-corrected chi connectivity index (χ0v) is 9.06. The maximum atomic E-state index is 10.4. The van der Waals surface area contributed by atoms with Crippen LogP contribution in [0.2, 0.25) is 0 Å². The molecule has 0 amide bonds. The number of rotatable bonds is 5. The number of hydrogen-bond donors (Lipinski definition) is 0. The third kappa shape index (κ3) is 3.94. The van der Waals surface area contributed by atoms with Crippen LogP contribution in [0.5, 0.6) is 5.75 Å². The number of carbonyl (C=O) groups is 1. The molecule has 0 N–H and O–H groups in total. The SMILES string of the molecule is CCC/C(C)=N/Oc1ccc(C=O)cc1. The Balaban J connectivity index is 2.57. The first kappa shape index (κ1) is 11.4. The molecule has 1 aromatic carbocycles. The summed E-state index contributed by atoms with van der Waals surface area (Å²) in [6.45, 7) is 4.03. The van der Waals surface area contributed by atoms with Crippen molar-refractivity contribution in [3.05, 3.63) is 29.8 Å². The highest BCUT2D eigenvalue weighted by Crippen LogP contribution is 2.11. The van der Waals surface area contributed by atoms with Crippen LogP contribution in [0.25, 0.3) is 0 Å². The molecule has 3 nitrogen and oxygen atoms in total. The van der Waals surface area contributed by atoms with E-state index < -0.39 is 0 Å². The van der Waals surface area contributed by atoms with E-state index in [9.17, 15) is 4.79 Å². The summed E-state index contributed by atoms with van der Waals surface area (Å²) in [5.74, 6) is 0.649. The lowest BCUT2D eigenvalue weighted by Crippen LogP contribution is -1.94. The minimum absolute atomic E-state index is 0.636. The van der Waals surface area contributed by atoms with Crippen molar-refractivity contribution in [2.45, 2.75) is 26.7 Å². The highest BCUT2D eigenvalue weighted by molar-refractivity contribution is 5.81. The van der Waals surface area contributed by atoms with Gasteiger partial charge in [0, 0.05) is 5.56 Å². The molecular formula is C12H15NO2. The van der Waals surface area contributed by atoms with Gasteiger partial charge in [0.05, 0.1) is 5.71 Å². The Labute approximate surface area is 89.7 Å². The predicted molar refractivity (Wildman–Crippen MR) is 60.5 cm³/mol. The summed E-state index contributed by atoms with van der Waals surface area (Å²) in [6, 6.07) is 6.86. The summed E-state index contributed by atoms with van der Waals surface area (Å²) in [4.78, 5) is 15.6. The van der Waals surface area contributed by atoms with Crippen LogP contribution in [0.4, 0.5) is 0 Å². The van der Waals surface area contributed by atoms with Crippen LogP contribution in [0.1, 0.15) is 37.0 Å². The molecule has 0 unspecified atom stereocenters. The van der Waals surface area contributed by atoms with Gasteiger partial charge in [0.15, 0.2) is 5.75 Å². The third-order valence-electron chi connectivity index (χ3n) is 1.93. The molecule has 0 saturated heterocycles. The molecule has 0 fully saturated rings. The molecule has 0 aliphatic rings. The third-order valence-corrected chi connectivity index (χ3v) is 1.93. The second-order valence-electron chi connectivity index (χ2n) is 3.35. The van der Waals surface area contributed by atoms with Gasteiger partial charge >= 0.3 is 0 Å². The van der Waals surface area contributed by atoms with Crippen LogP contribution in [-0.4, -0.2) is 12.0 Å². The average Bonchev–Trinajstić information content (AvgIpc) is 2.27. The lowest BCUT2D eigenvalue weighted by molar-refractivity contribution is 0.112. The normalized spacial score (nSPS) is 11.2. The van der Waals surface area contributed by atoms with Crippen LogP contribution in [0, 0.1) is 0 Å². The van der Waals surface area contributed by atoms with Crippen molar-refractivity contribution >= 4 is 12.0 Å². The number of aldehydes is 1. The maximum Gasteiger partial charge on any atom is 0.158 e. The predicted octanol–water partition coefficient (Wildman–Crippen LogP) is 3.05. The number of carbonyl (C=O) groups excluding carboxylic acids is 1. The summed E-state index contributed by atoms with van der Waals surface area (Å²) >= 11 is 0. The van der Waals surface area contributed by atoms with Crippen molar-refractivity contribution in [3.8, 4) is 5.75 Å². The second kappa shape index (κ2) is 5.96. The van der Waals surface area contributed by atoms with Crippen molar-refractivity contribution in [2.24, 2.45) is 5.16 Å². The average molecular weight is 205 g/mol. The van der Waals surface area contributed by atoms with Gasteiger partial charge in [-0.05, 0) is 37.6 Å². The van der Waals surface area contributed by atoms with E-state index in [1.54, 1.807) is 24.3 Å². The van der Waals surface area contributed by atoms with Crippen LogP contribution in [-0.2, 0) is 0 Å². The molecule has 0 saturated carbocycles. The summed E-state index contributed by atoms with van der Waals surface area (Å²) in [5.41, 5.74) is 1.61. The molecule has 0 heterocycles. The summed E-state index contributed by atoms with van der Waals surface area (Å²) in [7, 11) is 0. The van der Waals surface area contributed by atoms with Crippen molar-refractivity contribution in [1.29, 1.82) is 0 Å². The van der Waals surface area contributed by atoms with Gasteiger partial charge in [-0.25, -0.2) is 0 Å². The molecule has 1 aromatic rings. The maximum absolute atomic E-state index is 10.4. The molecule has 0 aliphatic heterocycles. The number of benzene rings is 1. The molecule has 0 aromatic heterocycles. The highest BCUT2D eigenvalue weighted by atomic mass is 16.6. The van der Waals surface area contributed by atoms with Gasteiger partial charge in [-0.1, -0.05) is 18.5 Å². The lowest BCUT2D eigenvalue weighted by atomic mass is 10.2. The fraction of sp³-hybridized carbons (Fsp3) is 0.333. The second-order valence-corrected chi connectivity index (χ2v) is 3.35. The first-order valence-corrected chi connectivity index (χ1v) is 5.02. The van der Waals surface area contributed by atoms with Crippen molar-refractivity contribution in [1.82, 2.24) is 0 Å². The Morgan fingerprint density at radius 2 is 2.07 bits per heavy atom. The number of hydrogen-bond acceptors (Lipinski definition) is 3. The van der Waals surface area contributed by atoms with Gasteiger partial charge in [-0.3, -0.25) is 4.79 Å². The quantitative estimate of drug-likeness (QED) is 0.421. The van der Waals surface area contributed by atoms with Crippen LogP contribution < -0.4 is 4.84 Å². The van der Waals surface area contributed by atoms with Crippen molar-refractivity contribution in [2.75, 3.05) is 0 Å². The van der Waals surface area contributed by atoms with E-state index in [1.165, 1.54) is 0 Å². The minimum Gasteiger partial charge on any atom is -0.357 e. The van der Waals surface area contributed by atoms with Crippen molar-refractivity contribution < 1.29 is 9.63 Å². The van der Waals surface area contributed by atoms with E-state index in [-0.39, 0.29) is 0 Å². The van der Waals surface area contributed by atoms with Gasteiger partial charge < -0.3 is 4.84 Å². The Morgan fingerprint density at radius 1 is 1.40 bits per heavy atom. The van der Waals surface area contributed by atoms with E-state index in [0.717, 1.165) is 24.8 Å². The van der Waals surface area contributed by atoms with Gasteiger partial charge in [0.25, 0.3) is 0 Å². The monoisotopic (exact) mass is 205 g/mol. The summed E-state index contributed by atoms with van der Waals surface area (Å²) in [6.07, 6.45) is 2.80. The fourth-order valence-corrected chi connectivity index (χ4v) is 1.15. The van der Waals surface area contributed by atoms with Gasteiger partial charge in [0.1, 0.15) is 6.29 Å². The molecule has 1 rings (SSSR count). The molecule has 0 spiro atoms. The summed E-state index contributed by atoms with van der Waals surface area (Å²) in [5, 5.41) is 3.97. The minimum atomic E-state index is 0.636. The first-order valence-electron chi connectivity index (χ1n) is 5.02. The fourth-order valence-electron chi connectivity index (χ4n) is 1.15. The zero-order chi connectivity index (χ0) is 11.1. The molecule has 0 aliphatic carbocycles.